The topological polar surface area (TPSA) is 55.8 Å². The first-order chi connectivity index (χ1) is 12.2. The Bertz CT molecular complexity index is 790. The second-order valence-corrected chi connectivity index (χ2v) is 6.53. The van der Waals surface area contributed by atoms with Crippen LogP contribution in [0.25, 0.3) is 0 Å². The summed E-state index contributed by atoms with van der Waals surface area (Å²) in [7, 11) is 0. The number of hydrogen-bond acceptors (Lipinski definition) is 4. The molecule has 0 atom stereocenters. The normalized spacial score (nSPS) is 11.3. The number of carboxylic acid groups (broad SMARTS) is 1. The number of carbonyl (C=O) groups is 1. The minimum absolute atomic E-state index is 0.219. The van der Waals surface area contributed by atoms with Crippen molar-refractivity contribution in [3.05, 3.63) is 53.1 Å². The van der Waals surface area contributed by atoms with Crippen LogP contribution in [0.3, 0.4) is 0 Å². The van der Waals surface area contributed by atoms with Crippen molar-refractivity contribution in [1.82, 2.24) is 0 Å². The van der Waals surface area contributed by atoms with E-state index in [1.54, 1.807) is 25.1 Å². The Hall–Kier alpha value is -2.35. The molecule has 0 aliphatic heterocycles. The molecular weight excluding hydrogens is 369 g/mol. The minimum atomic E-state index is -4.74. The van der Waals surface area contributed by atoms with Crippen LogP contribution in [-0.4, -0.2) is 24.0 Å². The van der Waals surface area contributed by atoms with Crippen molar-refractivity contribution in [1.29, 1.82) is 0 Å². The van der Waals surface area contributed by atoms with Crippen LogP contribution in [0.5, 0.6) is 11.5 Å². The number of hydrogen-bond donors (Lipinski definition) is 1. The maximum atomic E-state index is 12.5. The number of para-hydroxylation sites is 1. The highest BCUT2D eigenvalue weighted by atomic mass is 32.2. The molecule has 0 aliphatic rings. The predicted molar refractivity (Wildman–Crippen MR) is 91.7 cm³/mol. The summed E-state index contributed by atoms with van der Waals surface area (Å²) in [5.41, 5.74) is 2.02. The summed E-state index contributed by atoms with van der Waals surface area (Å²) in [4.78, 5) is 11.5. The molecule has 0 saturated heterocycles. The molecular formula is C18H17F3O4S. The van der Waals surface area contributed by atoms with Gasteiger partial charge in [-0.3, -0.25) is 0 Å². The first-order valence-electron chi connectivity index (χ1n) is 7.58. The molecule has 0 radical (unpaired) electrons. The number of carboxylic acids is 1. The van der Waals surface area contributed by atoms with Gasteiger partial charge in [-0.1, -0.05) is 18.2 Å². The predicted octanol–water partition coefficient (Wildman–Crippen LogP) is 4.96. The van der Waals surface area contributed by atoms with Crippen molar-refractivity contribution >= 4 is 17.7 Å². The molecule has 2 aromatic rings. The zero-order chi connectivity index (χ0) is 19.3. The average molecular weight is 386 g/mol. The molecule has 8 heteroatoms. The third-order valence-electron chi connectivity index (χ3n) is 3.41. The summed E-state index contributed by atoms with van der Waals surface area (Å²) in [6.45, 7) is 3.17. The van der Waals surface area contributed by atoms with Crippen LogP contribution in [0.4, 0.5) is 13.2 Å². The fourth-order valence-corrected chi connectivity index (χ4v) is 3.31. The van der Waals surface area contributed by atoms with E-state index in [9.17, 15) is 18.0 Å². The first-order valence-corrected chi connectivity index (χ1v) is 8.56. The summed E-state index contributed by atoms with van der Waals surface area (Å²) >= 11 is 1.37. The van der Waals surface area contributed by atoms with Crippen molar-refractivity contribution in [2.24, 2.45) is 0 Å². The second kappa shape index (κ2) is 8.35. The fraction of sp³-hybridized carbons (Fsp3) is 0.278. The van der Waals surface area contributed by atoms with E-state index in [1.165, 1.54) is 23.9 Å². The Labute approximate surface area is 152 Å². The standard InChI is InChI=1S/C18H17F3O4S/c1-11-8-16(12(2)7-15(11)24-9-17(22)23)26-10-13-5-3-4-6-14(13)25-18(19,20)21/h3-8H,9-10H2,1-2H3,(H,22,23). The molecule has 4 nitrogen and oxygen atoms in total. The van der Waals surface area contributed by atoms with Crippen molar-refractivity contribution in [2.45, 2.75) is 30.9 Å². The van der Waals surface area contributed by atoms with E-state index in [-0.39, 0.29) is 5.75 Å². The molecule has 2 aromatic carbocycles. The number of thioether (sulfide) groups is 1. The van der Waals surface area contributed by atoms with Crippen LogP contribution in [0.1, 0.15) is 16.7 Å². The molecule has 0 amide bonds. The Morgan fingerprint density at radius 2 is 1.81 bits per heavy atom. The number of aliphatic carboxylic acids is 1. The van der Waals surface area contributed by atoms with Gasteiger partial charge in [0.2, 0.25) is 0 Å². The van der Waals surface area contributed by atoms with Crippen molar-refractivity contribution in [3.8, 4) is 11.5 Å². The zero-order valence-corrected chi connectivity index (χ0v) is 14.9. The molecule has 1 N–H and O–H groups in total. The maximum absolute atomic E-state index is 12.5. The van der Waals surface area contributed by atoms with Gasteiger partial charge in [-0.15, -0.1) is 24.9 Å². The number of halogens is 3. The van der Waals surface area contributed by atoms with E-state index >= 15 is 0 Å². The number of ether oxygens (including phenoxy) is 2. The van der Waals surface area contributed by atoms with E-state index in [2.05, 4.69) is 4.74 Å². The molecule has 2 rings (SSSR count). The molecule has 140 valence electrons. The smallest absolute Gasteiger partial charge is 0.482 e. The lowest BCUT2D eigenvalue weighted by molar-refractivity contribution is -0.274. The number of benzene rings is 2. The van der Waals surface area contributed by atoms with Gasteiger partial charge < -0.3 is 14.6 Å². The first kappa shape index (κ1) is 20.0. The Morgan fingerprint density at radius 3 is 2.46 bits per heavy atom. The van der Waals surface area contributed by atoms with Crippen molar-refractivity contribution in [3.63, 3.8) is 0 Å². The lowest BCUT2D eigenvalue weighted by atomic mass is 10.1. The molecule has 0 spiro atoms. The summed E-state index contributed by atoms with van der Waals surface area (Å²) in [5.74, 6) is -0.526. The van der Waals surface area contributed by atoms with E-state index < -0.39 is 18.9 Å². The zero-order valence-electron chi connectivity index (χ0n) is 14.1. The van der Waals surface area contributed by atoms with Crippen LogP contribution in [0.15, 0.2) is 41.3 Å². The Morgan fingerprint density at radius 1 is 1.12 bits per heavy atom. The van der Waals surface area contributed by atoms with Gasteiger partial charge in [-0.05, 0) is 43.2 Å². The van der Waals surface area contributed by atoms with Crippen molar-refractivity contribution in [2.75, 3.05) is 6.61 Å². The summed E-state index contributed by atoms with van der Waals surface area (Å²) < 4.78 is 46.7. The second-order valence-electron chi connectivity index (χ2n) is 5.51. The molecule has 0 unspecified atom stereocenters. The van der Waals surface area contributed by atoms with Crippen LogP contribution in [0, 0.1) is 13.8 Å². The third kappa shape index (κ3) is 5.87. The van der Waals surface area contributed by atoms with Crippen LogP contribution < -0.4 is 9.47 Å². The van der Waals surface area contributed by atoms with E-state index in [4.69, 9.17) is 9.84 Å². The molecule has 0 aliphatic carbocycles. The van der Waals surface area contributed by atoms with Crippen molar-refractivity contribution < 1.29 is 32.5 Å². The van der Waals surface area contributed by atoms with Crippen LogP contribution in [0.2, 0.25) is 0 Å². The molecule has 0 bridgehead atoms. The quantitative estimate of drug-likeness (QED) is 0.682. The lowest BCUT2D eigenvalue weighted by Crippen LogP contribution is -2.18. The Balaban J connectivity index is 2.13. The van der Waals surface area contributed by atoms with Gasteiger partial charge in [0.15, 0.2) is 6.61 Å². The van der Waals surface area contributed by atoms with E-state index in [0.29, 0.717) is 17.1 Å². The van der Waals surface area contributed by atoms with Gasteiger partial charge in [-0.25, -0.2) is 4.79 Å². The fourth-order valence-electron chi connectivity index (χ4n) is 2.22. The summed E-state index contributed by atoms with van der Waals surface area (Å²) in [6, 6.07) is 9.55. The van der Waals surface area contributed by atoms with E-state index in [1.807, 2.05) is 13.0 Å². The van der Waals surface area contributed by atoms with Gasteiger partial charge >= 0.3 is 12.3 Å². The van der Waals surface area contributed by atoms with Crippen LogP contribution >= 0.6 is 11.8 Å². The largest absolute Gasteiger partial charge is 0.573 e. The van der Waals surface area contributed by atoms with E-state index in [0.717, 1.165) is 16.0 Å². The molecule has 0 fully saturated rings. The number of alkyl halides is 3. The lowest BCUT2D eigenvalue weighted by Gasteiger charge is -2.15. The highest BCUT2D eigenvalue weighted by Gasteiger charge is 2.31. The maximum Gasteiger partial charge on any atom is 0.573 e. The van der Waals surface area contributed by atoms with Gasteiger partial charge in [0, 0.05) is 16.2 Å². The third-order valence-corrected chi connectivity index (χ3v) is 4.61. The highest BCUT2D eigenvalue weighted by molar-refractivity contribution is 7.98. The average Bonchev–Trinajstić information content (AvgIpc) is 2.53. The SMILES string of the molecule is Cc1cc(SCc2ccccc2OC(F)(F)F)c(C)cc1OCC(=O)O. The number of rotatable bonds is 7. The molecule has 26 heavy (non-hydrogen) atoms. The summed E-state index contributed by atoms with van der Waals surface area (Å²) in [6.07, 6.45) is -4.74. The monoisotopic (exact) mass is 386 g/mol. The van der Waals surface area contributed by atoms with Gasteiger partial charge in [0.1, 0.15) is 11.5 Å². The highest BCUT2D eigenvalue weighted by Crippen LogP contribution is 2.34. The Kier molecular flexibility index (Phi) is 6.42. The van der Waals surface area contributed by atoms with Gasteiger partial charge in [0.25, 0.3) is 0 Å². The molecule has 0 aromatic heterocycles. The summed E-state index contributed by atoms with van der Waals surface area (Å²) in [5, 5.41) is 8.69. The van der Waals surface area contributed by atoms with Gasteiger partial charge in [-0.2, -0.15) is 0 Å². The van der Waals surface area contributed by atoms with Gasteiger partial charge in [0.05, 0.1) is 0 Å². The minimum Gasteiger partial charge on any atom is -0.482 e. The van der Waals surface area contributed by atoms with Crippen LogP contribution in [-0.2, 0) is 10.5 Å². The molecule has 0 saturated carbocycles. The molecule has 0 heterocycles. The number of aryl methyl sites for hydroxylation is 2.